The summed E-state index contributed by atoms with van der Waals surface area (Å²) >= 11 is 3.28. The molecule has 0 aromatic heterocycles. The van der Waals surface area contributed by atoms with Crippen LogP contribution < -0.4 is 4.74 Å². The fourth-order valence-electron chi connectivity index (χ4n) is 5.11. The summed E-state index contributed by atoms with van der Waals surface area (Å²) in [5, 5.41) is 15.3. The maximum atomic E-state index is 12.9. The summed E-state index contributed by atoms with van der Waals surface area (Å²) in [7, 11) is 0. The summed E-state index contributed by atoms with van der Waals surface area (Å²) in [4.78, 5) is 25.8. The molecule has 1 heterocycles. The van der Waals surface area contributed by atoms with Gasteiger partial charge in [-0.1, -0.05) is 12.2 Å². The molecule has 0 unspecified atom stereocenters. The Morgan fingerprint density at radius 1 is 1.22 bits per heavy atom. The number of amides is 2. The molecule has 2 bridgehead atoms. The topological polar surface area (TPSA) is 79.2 Å². The smallest absolute Gasteiger partial charge is 0.254 e. The molecule has 2 amide bonds. The second-order valence-corrected chi connectivity index (χ2v) is 8.52. The Kier molecular flexibility index (Phi) is 3.73. The van der Waals surface area contributed by atoms with E-state index in [0.717, 1.165) is 11.4 Å². The van der Waals surface area contributed by atoms with Gasteiger partial charge in [-0.15, -0.1) is 0 Å². The van der Waals surface area contributed by atoms with E-state index in [2.05, 4.69) is 33.2 Å². The van der Waals surface area contributed by atoms with Gasteiger partial charge in [0.1, 0.15) is 0 Å². The van der Waals surface area contributed by atoms with E-state index in [4.69, 9.17) is 4.74 Å². The summed E-state index contributed by atoms with van der Waals surface area (Å²) in [6, 6.07) is 3.30. The largest absolute Gasteiger partial charge is 0.503 e. The van der Waals surface area contributed by atoms with Gasteiger partial charge in [0.25, 0.3) is 11.8 Å². The molecule has 4 aliphatic carbocycles. The predicted molar refractivity (Wildman–Crippen MR) is 101 cm³/mol. The first kappa shape index (κ1) is 17.0. The molecular formula is C20H19BrN2O4. The number of allylic oxidation sites excluding steroid dienone is 2. The molecule has 1 aromatic carbocycles. The molecule has 0 radical (unpaired) electrons. The molecule has 0 spiro atoms. The number of carbonyl (C=O) groups excluding carboxylic acids is 2. The minimum Gasteiger partial charge on any atom is -0.503 e. The Labute approximate surface area is 165 Å². The van der Waals surface area contributed by atoms with Gasteiger partial charge in [0, 0.05) is 0 Å². The molecule has 1 aliphatic heterocycles. The van der Waals surface area contributed by atoms with Crippen molar-refractivity contribution in [2.75, 3.05) is 6.61 Å². The number of nitrogens with zero attached hydrogens (tertiary/aromatic N) is 2. The van der Waals surface area contributed by atoms with Gasteiger partial charge in [-0.2, -0.15) is 10.1 Å². The zero-order valence-corrected chi connectivity index (χ0v) is 16.3. The first-order chi connectivity index (χ1) is 13.0. The number of phenols is 1. The van der Waals surface area contributed by atoms with Crippen LogP contribution in [0.5, 0.6) is 11.5 Å². The number of rotatable bonds is 4. The van der Waals surface area contributed by atoms with Crippen molar-refractivity contribution in [3.05, 3.63) is 34.3 Å². The number of ether oxygens (including phenoxy) is 1. The third-order valence-corrected chi connectivity index (χ3v) is 6.92. The molecule has 6 atom stereocenters. The molecule has 27 heavy (non-hydrogen) atoms. The summed E-state index contributed by atoms with van der Waals surface area (Å²) in [5.74, 6) is 0.981. The molecule has 140 valence electrons. The number of hydrogen-bond donors (Lipinski definition) is 1. The van der Waals surface area contributed by atoms with Gasteiger partial charge < -0.3 is 9.84 Å². The zero-order chi connectivity index (χ0) is 18.9. The molecule has 2 saturated carbocycles. The van der Waals surface area contributed by atoms with Crippen LogP contribution in [0.1, 0.15) is 18.9 Å². The van der Waals surface area contributed by atoms with E-state index in [1.54, 1.807) is 12.1 Å². The van der Waals surface area contributed by atoms with Gasteiger partial charge in [0.15, 0.2) is 11.5 Å². The van der Waals surface area contributed by atoms with E-state index < -0.39 is 0 Å². The number of benzene rings is 1. The second-order valence-electron chi connectivity index (χ2n) is 7.67. The number of halogens is 1. The third-order valence-electron chi connectivity index (χ3n) is 6.31. The first-order valence-corrected chi connectivity index (χ1v) is 10.1. The fraction of sp³-hybridized carbons (Fsp3) is 0.450. The summed E-state index contributed by atoms with van der Waals surface area (Å²) < 4.78 is 5.87. The molecule has 1 aromatic rings. The maximum Gasteiger partial charge on any atom is 0.254 e. The normalized spacial score (nSPS) is 35.7. The van der Waals surface area contributed by atoms with Crippen LogP contribution >= 0.6 is 15.9 Å². The standard InChI is InChI=1S/C20H19BrN2O4/c1-2-27-15-6-9(5-14(21)18(15)24)8-22-23-19(25)16-10-3-4-11(13-7-12(10)13)17(16)20(23)26/h3-6,8,10-13,16-17,24H,2,7H2,1H3/b22-8-/t10-,11-,12-,13-,16+,17+/m1/s1. The molecule has 6 rings (SSSR count). The van der Waals surface area contributed by atoms with Crippen molar-refractivity contribution in [3.8, 4) is 11.5 Å². The van der Waals surface area contributed by atoms with Gasteiger partial charge in [-0.05, 0) is 70.6 Å². The van der Waals surface area contributed by atoms with Crippen molar-refractivity contribution in [3.63, 3.8) is 0 Å². The summed E-state index contributed by atoms with van der Waals surface area (Å²) in [5.41, 5.74) is 0.627. The van der Waals surface area contributed by atoms with Gasteiger partial charge in [0.2, 0.25) is 0 Å². The van der Waals surface area contributed by atoms with Crippen LogP contribution in [0.25, 0.3) is 0 Å². The van der Waals surface area contributed by atoms with Gasteiger partial charge in [-0.25, -0.2) is 0 Å². The highest BCUT2D eigenvalue weighted by Gasteiger charge is 2.67. The Balaban J connectivity index is 1.42. The van der Waals surface area contributed by atoms with Crippen LogP contribution in [0.4, 0.5) is 0 Å². The molecule has 3 fully saturated rings. The van der Waals surface area contributed by atoms with E-state index >= 15 is 0 Å². The monoisotopic (exact) mass is 430 g/mol. The SMILES string of the molecule is CCOc1cc(/C=N\N2C(=O)[C@H]3[C@@H]4C=C[C@H]([C@H]5C[C@H]45)[C@@H]3C2=O)cc(Br)c1O. The molecule has 6 nitrogen and oxygen atoms in total. The lowest BCUT2D eigenvalue weighted by molar-refractivity contribution is -0.140. The van der Waals surface area contributed by atoms with Crippen LogP contribution in [0.3, 0.4) is 0 Å². The average molecular weight is 431 g/mol. The highest BCUT2D eigenvalue weighted by Crippen LogP contribution is 2.65. The number of imide groups is 1. The molecular weight excluding hydrogens is 412 g/mol. The van der Waals surface area contributed by atoms with E-state index in [0.29, 0.717) is 34.2 Å². The number of hydrazone groups is 1. The average Bonchev–Trinajstić information content (AvgIpc) is 3.43. The van der Waals surface area contributed by atoms with Crippen LogP contribution in [0.2, 0.25) is 0 Å². The lowest BCUT2D eigenvalue weighted by Crippen LogP contribution is -2.40. The van der Waals surface area contributed by atoms with Crippen molar-refractivity contribution in [1.82, 2.24) is 5.01 Å². The number of aromatic hydroxyl groups is 1. The quantitative estimate of drug-likeness (QED) is 0.452. The van der Waals surface area contributed by atoms with E-state index in [9.17, 15) is 14.7 Å². The van der Waals surface area contributed by atoms with E-state index in [-0.39, 0.29) is 41.2 Å². The fourth-order valence-corrected chi connectivity index (χ4v) is 5.57. The highest BCUT2D eigenvalue weighted by molar-refractivity contribution is 9.10. The first-order valence-electron chi connectivity index (χ1n) is 9.26. The number of hydrogen-bond acceptors (Lipinski definition) is 5. The van der Waals surface area contributed by atoms with Crippen molar-refractivity contribution in [1.29, 1.82) is 0 Å². The summed E-state index contributed by atoms with van der Waals surface area (Å²) in [6.07, 6.45) is 6.89. The Morgan fingerprint density at radius 2 is 1.85 bits per heavy atom. The molecule has 1 N–H and O–H groups in total. The van der Waals surface area contributed by atoms with Crippen LogP contribution in [-0.2, 0) is 9.59 Å². The minimum atomic E-state index is -0.251. The van der Waals surface area contributed by atoms with E-state index in [1.807, 2.05) is 6.92 Å². The lowest BCUT2D eigenvalue weighted by atomic mass is 9.63. The minimum absolute atomic E-state index is 0.00946. The Hall–Kier alpha value is -2.15. The van der Waals surface area contributed by atoms with Gasteiger partial charge in [0.05, 0.1) is 29.1 Å². The van der Waals surface area contributed by atoms with Gasteiger partial charge in [-0.3, -0.25) is 9.59 Å². The van der Waals surface area contributed by atoms with Gasteiger partial charge >= 0.3 is 0 Å². The highest BCUT2D eigenvalue weighted by atomic mass is 79.9. The van der Waals surface area contributed by atoms with Crippen molar-refractivity contribution >= 4 is 34.0 Å². The number of phenolic OH excluding ortho intramolecular Hbond substituents is 1. The number of carbonyl (C=O) groups is 2. The Bertz CT molecular complexity index is 875. The predicted octanol–water partition coefficient (Wildman–Crippen LogP) is 2.94. The second kappa shape index (κ2) is 5.92. The summed E-state index contributed by atoms with van der Waals surface area (Å²) in [6.45, 7) is 2.23. The Morgan fingerprint density at radius 3 is 2.44 bits per heavy atom. The third kappa shape index (κ3) is 2.40. The van der Waals surface area contributed by atoms with Crippen molar-refractivity contribution < 1.29 is 19.4 Å². The van der Waals surface area contributed by atoms with Crippen LogP contribution in [-0.4, -0.2) is 34.8 Å². The molecule has 5 aliphatic rings. The zero-order valence-electron chi connectivity index (χ0n) is 14.7. The van der Waals surface area contributed by atoms with Crippen LogP contribution in [0, 0.1) is 35.5 Å². The van der Waals surface area contributed by atoms with Crippen molar-refractivity contribution in [2.45, 2.75) is 13.3 Å². The molecule has 7 heteroatoms. The van der Waals surface area contributed by atoms with E-state index in [1.165, 1.54) is 6.21 Å². The lowest BCUT2D eigenvalue weighted by Gasteiger charge is -2.37. The maximum absolute atomic E-state index is 12.9. The van der Waals surface area contributed by atoms with Crippen molar-refractivity contribution in [2.24, 2.45) is 40.6 Å². The molecule has 1 saturated heterocycles. The van der Waals surface area contributed by atoms with Crippen LogP contribution in [0.15, 0.2) is 33.9 Å².